The van der Waals surface area contributed by atoms with Crippen LogP contribution in [-0.4, -0.2) is 12.8 Å². The molecule has 0 radical (unpaired) electrons. The molecule has 0 saturated heterocycles. The Labute approximate surface area is 76.3 Å². The van der Waals surface area contributed by atoms with Gasteiger partial charge in [-0.25, -0.2) is 0 Å². The van der Waals surface area contributed by atoms with Gasteiger partial charge in [-0.3, -0.25) is 4.99 Å². The molecule has 0 bridgehead atoms. The molecule has 0 aromatic rings. The van der Waals surface area contributed by atoms with Gasteiger partial charge < -0.3 is 0 Å². The summed E-state index contributed by atoms with van der Waals surface area (Å²) in [5, 5.41) is 0. The number of hydrogen-bond acceptors (Lipinski definition) is 1. The normalized spacial score (nSPS) is 35.4. The Morgan fingerprint density at radius 1 is 1.58 bits per heavy atom. The van der Waals surface area contributed by atoms with Crippen LogP contribution in [0.15, 0.2) is 4.99 Å². The van der Waals surface area contributed by atoms with Gasteiger partial charge in [-0.05, 0) is 24.2 Å². The lowest BCUT2D eigenvalue weighted by Gasteiger charge is -2.32. The molecule has 1 nitrogen and oxygen atoms in total. The summed E-state index contributed by atoms with van der Waals surface area (Å²) in [7, 11) is 0. The van der Waals surface area contributed by atoms with E-state index in [4.69, 9.17) is 0 Å². The Kier molecular flexibility index (Phi) is 3.30. The molecule has 1 heteroatoms. The third-order valence-corrected chi connectivity index (χ3v) is 2.78. The lowest BCUT2D eigenvalue weighted by Crippen LogP contribution is -2.27. The Morgan fingerprint density at radius 2 is 2.33 bits per heavy atom. The first-order chi connectivity index (χ1) is 5.66. The molecule has 0 aliphatic carbocycles. The number of unbranched alkanes of at least 4 members (excludes halogenated alkanes) is 1. The van der Waals surface area contributed by atoms with Crippen LogP contribution in [0.25, 0.3) is 0 Å². The fraction of sp³-hybridized carbons (Fsp3) is 0.909. The second-order valence-electron chi connectivity index (χ2n) is 4.59. The van der Waals surface area contributed by atoms with E-state index < -0.39 is 0 Å². The molecular weight excluding hydrogens is 146 g/mol. The lowest BCUT2D eigenvalue weighted by molar-refractivity contribution is 0.246. The number of aliphatic imine (C=N–C) groups is 1. The smallest absolute Gasteiger partial charge is 0.0439 e. The fourth-order valence-electron chi connectivity index (χ4n) is 2.13. The summed E-state index contributed by atoms with van der Waals surface area (Å²) in [6.07, 6.45) is 7.47. The van der Waals surface area contributed by atoms with Crippen LogP contribution < -0.4 is 0 Å². The van der Waals surface area contributed by atoms with Crippen molar-refractivity contribution in [3.8, 4) is 0 Å². The van der Waals surface area contributed by atoms with Crippen LogP contribution >= 0.6 is 0 Å². The maximum absolute atomic E-state index is 4.44. The third kappa shape index (κ3) is 2.62. The summed E-state index contributed by atoms with van der Waals surface area (Å²) in [4.78, 5) is 4.44. The molecule has 0 saturated carbocycles. The minimum absolute atomic E-state index is 0.504. The quantitative estimate of drug-likeness (QED) is 0.611. The highest BCUT2D eigenvalue weighted by Crippen LogP contribution is 2.34. The van der Waals surface area contributed by atoms with E-state index >= 15 is 0 Å². The summed E-state index contributed by atoms with van der Waals surface area (Å²) in [6, 6.07) is 0. The van der Waals surface area contributed by atoms with Crippen LogP contribution in [0.5, 0.6) is 0 Å². The van der Waals surface area contributed by atoms with Gasteiger partial charge in [0.15, 0.2) is 0 Å². The Hall–Kier alpha value is -0.330. The molecule has 70 valence electrons. The topological polar surface area (TPSA) is 12.4 Å². The number of rotatable bonds is 3. The van der Waals surface area contributed by atoms with Crippen molar-refractivity contribution < 1.29 is 0 Å². The second kappa shape index (κ2) is 4.06. The number of nitrogens with zero attached hydrogens (tertiary/aromatic N) is 1. The first-order valence-corrected chi connectivity index (χ1v) is 5.16. The SMILES string of the molecule is CCCCC1(C)CN=CC(C)C1. The van der Waals surface area contributed by atoms with E-state index in [1.54, 1.807) is 0 Å². The third-order valence-electron chi connectivity index (χ3n) is 2.78. The van der Waals surface area contributed by atoms with Gasteiger partial charge >= 0.3 is 0 Å². The van der Waals surface area contributed by atoms with Gasteiger partial charge in [-0.15, -0.1) is 0 Å². The second-order valence-corrected chi connectivity index (χ2v) is 4.59. The minimum atomic E-state index is 0.504. The molecule has 2 atom stereocenters. The Bertz CT molecular complexity index is 162. The summed E-state index contributed by atoms with van der Waals surface area (Å²) in [5.41, 5.74) is 0.504. The molecule has 0 aromatic heterocycles. The van der Waals surface area contributed by atoms with Gasteiger partial charge in [0.05, 0.1) is 0 Å². The molecule has 0 fully saturated rings. The molecule has 1 rings (SSSR count). The van der Waals surface area contributed by atoms with Crippen LogP contribution in [0.1, 0.15) is 46.5 Å². The average Bonchev–Trinajstić information content (AvgIpc) is 2.01. The highest BCUT2D eigenvalue weighted by Gasteiger charge is 2.27. The first kappa shape index (κ1) is 9.76. The fourth-order valence-corrected chi connectivity index (χ4v) is 2.13. The molecule has 0 amide bonds. The predicted molar refractivity (Wildman–Crippen MR) is 54.8 cm³/mol. The summed E-state index contributed by atoms with van der Waals surface area (Å²) < 4.78 is 0. The van der Waals surface area contributed by atoms with Crippen molar-refractivity contribution in [3.63, 3.8) is 0 Å². The maximum Gasteiger partial charge on any atom is 0.0439 e. The molecule has 1 aliphatic heterocycles. The summed E-state index contributed by atoms with van der Waals surface area (Å²) in [5.74, 6) is 0.695. The molecule has 12 heavy (non-hydrogen) atoms. The Balaban J connectivity index is 2.43. The monoisotopic (exact) mass is 167 g/mol. The largest absolute Gasteiger partial charge is 0.297 e. The minimum Gasteiger partial charge on any atom is -0.297 e. The van der Waals surface area contributed by atoms with Gasteiger partial charge in [0.25, 0.3) is 0 Å². The van der Waals surface area contributed by atoms with Gasteiger partial charge in [-0.2, -0.15) is 0 Å². The van der Waals surface area contributed by atoms with Crippen LogP contribution in [0.3, 0.4) is 0 Å². The van der Waals surface area contributed by atoms with Crippen molar-refractivity contribution in [3.05, 3.63) is 0 Å². The van der Waals surface area contributed by atoms with Gasteiger partial charge in [0.1, 0.15) is 0 Å². The first-order valence-electron chi connectivity index (χ1n) is 5.16. The van der Waals surface area contributed by atoms with E-state index in [9.17, 15) is 0 Å². The molecule has 1 heterocycles. The van der Waals surface area contributed by atoms with Crippen molar-refractivity contribution in [2.45, 2.75) is 46.5 Å². The molecule has 0 spiro atoms. The molecular formula is C11H21N. The van der Waals surface area contributed by atoms with Crippen LogP contribution in [0, 0.1) is 11.3 Å². The number of hydrogen-bond donors (Lipinski definition) is 0. The zero-order chi connectivity index (χ0) is 9.03. The lowest BCUT2D eigenvalue weighted by atomic mass is 9.76. The zero-order valence-electron chi connectivity index (χ0n) is 8.64. The molecule has 2 unspecified atom stereocenters. The Morgan fingerprint density at radius 3 is 2.92 bits per heavy atom. The van der Waals surface area contributed by atoms with Crippen molar-refractivity contribution in [2.24, 2.45) is 16.3 Å². The van der Waals surface area contributed by atoms with E-state index in [1.807, 2.05) is 0 Å². The molecule has 0 aromatic carbocycles. The van der Waals surface area contributed by atoms with Gasteiger partial charge in [0.2, 0.25) is 0 Å². The van der Waals surface area contributed by atoms with E-state index in [1.165, 1.54) is 25.7 Å². The van der Waals surface area contributed by atoms with E-state index in [0.29, 0.717) is 11.3 Å². The summed E-state index contributed by atoms with van der Waals surface area (Å²) >= 11 is 0. The van der Waals surface area contributed by atoms with Crippen LogP contribution in [-0.2, 0) is 0 Å². The van der Waals surface area contributed by atoms with Crippen molar-refractivity contribution in [1.82, 2.24) is 0 Å². The van der Waals surface area contributed by atoms with Gasteiger partial charge in [0, 0.05) is 12.8 Å². The molecule has 0 N–H and O–H groups in total. The highest BCUT2D eigenvalue weighted by atomic mass is 14.8. The predicted octanol–water partition coefficient (Wildman–Crippen LogP) is 3.29. The standard InChI is InChI=1S/C11H21N/c1-4-5-6-11(3)7-10(2)8-12-9-11/h8,10H,4-7,9H2,1-3H3. The van der Waals surface area contributed by atoms with Crippen molar-refractivity contribution in [1.29, 1.82) is 0 Å². The molecule has 1 aliphatic rings. The van der Waals surface area contributed by atoms with Crippen molar-refractivity contribution in [2.75, 3.05) is 6.54 Å². The van der Waals surface area contributed by atoms with Crippen LogP contribution in [0.2, 0.25) is 0 Å². The van der Waals surface area contributed by atoms with Gasteiger partial charge in [-0.1, -0.05) is 33.6 Å². The average molecular weight is 167 g/mol. The maximum atomic E-state index is 4.44. The summed E-state index contributed by atoms with van der Waals surface area (Å²) in [6.45, 7) is 7.97. The van der Waals surface area contributed by atoms with Crippen LogP contribution in [0.4, 0.5) is 0 Å². The zero-order valence-corrected chi connectivity index (χ0v) is 8.64. The van der Waals surface area contributed by atoms with Crippen molar-refractivity contribution >= 4 is 6.21 Å². The van der Waals surface area contributed by atoms with E-state index in [-0.39, 0.29) is 0 Å². The van der Waals surface area contributed by atoms with E-state index in [0.717, 1.165) is 6.54 Å². The van der Waals surface area contributed by atoms with E-state index in [2.05, 4.69) is 32.0 Å². The highest BCUT2D eigenvalue weighted by molar-refractivity contribution is 5.61.